The topological polar surface area (TPSA) is 98.1 Å². The number of hydrogen-bond acceptors (Lipinski definition) is 4. The van der Waals surface area contributed by atoms with Gasteiger partial charge in [-0.3, -0.25) is 14.6 Å². The Kier molecular flexibility index (Phi) is 6.34. The van der Waals surface area contributed by atoms with Gasteiger partial charge >= 0.3 is 5.69 Å². The van der Waals surface area contributed by atoms with Gasteiger partial charge in [0.05, 0.1) is 6.42 Å². The molecule has 4 rings (SSSR count). The van der Waals surface area contributed by atoms with E-state index < -0.39 is 11.2 Å². The van der Waals surface area contributed by atoms with Crippen LogP contribution in [-0.4, -0.2) is 46.5 Å². The summed E-state index contributed by atoms with van der Waals surface area (Å²) < 4.78 is 0. The largest absolute Gasteiger partial charge is 0.353 e. The molecule has 2 fully saturated rings. The van der Waals surface area contributed by atoms with Gasteiger partial charge in [-0.1, -0.05) is 30.2 Å². The van der Waals surface area contributed by atoms with Crippen LogP contribution in [0.3, 0.4) is 0 Å². The summed E-state index contributed by atoms with van der Waals surface area (Å²) >= 11 is 6.07. The third kappa shape index (κ3) is 4.93. The Labute approximate surface area is 186 Å². The zero-order valence-corrected chi connectivity index (χ0v) is 18.6. The minimum atomic E-state index is -0.554. The molecule has 0 unspecified atom stereocenters. The van der Waals surface area contributed by atoms with E-state index in [0.29, 0.717) is 11.3 Å². The van der Waals surface area contributed by atoms with Gasteiger partial charge in [-0.25, -0.2) is 4.79 Å². The molecule has 2 aliphatic rings. The van der Waals surface area contributed by atoms with Gasteiger partial charge in [0.2, 0.25) is 5.91 Å². The zero-order valence-electron chi connectivity index (χ0n) is 17.8. The number of piperidine rings is 1. The molecule has 8 heteroatoms. The highest BCUT2D eigenvalue weighted by atomic mass is 35.5. The molecule has 3 N–H and O–H groups in total. The number of carbonyl (C=O) groups excluding carboxylic acids is 1. The van der Waals surface area contributed by atoms with Crippen molar-refractivity contribution < 1.29 is 4.79 Å². The Morgan fingerprint density at radius 2 is 1.84 bits per heavy atom. The number of aromatic nitrogens is 2. The van der Waals surface area contributed by atoms with E-state index in [1.807, 2.05) is 12.1 Å². The lowest BCUT2D eigenvalue weighted by molar-refractivity contribution is -0.121. The third-order valence-electron chi connectivity index (χ3n) is 6.84. The van der Waals surface area contributed by atoms with E-state index >= 15 is 0 Å². The monoisotopic (exact) mass is 444 g/mol. The molecule has 2 aromatic rings. The second-order valence-corrected chi connectivity index (χ2v) is 9.38. The molecule has 1 aliphatic heterocycles. The first-order valence-corrected chi connectivity index (χ1v) is 11.3. The molecule has 0 radical (unpaired) electrons. The first-order chi connectivity index (χ1) is 14.8. The van der Waals surface area contributed by atoms with Gasteiger partial charge in [0, 0.05) is 47.4 Å². The Bertz CT molecular complexity index is 1050. The maximum atomic E-state index is 12.5. The minimum absolute atomic E-state index is 0.0299. The predicted octanol–water partition coefficient (Wildman–Crippen LogP) is 2.27. The molecule has 1 aliphatic carbocycles. The molecule has 1 amide bonds. The highest BCUT2D eigenvalue weighted by molar-refractivity contribution is 6.30. The molecular weight excluding hydrogens is 416 g/mol. The normalized spacial score (nSPS) is 19.0. The summed E-state index contributed by atoms with van der Waals surface area (Å²) in [6.07, 6.45) is 5.43. The van der Waals surface area contributed by atoms with E-state index in [0.717, 1.165) is 37.5 Å². The van der Waals surface area contributed by atoms with Crippen LogP contribution in [0.1, 0.15) is 48.9 Å². The SMILES string of the molecule is Cc1[nH]c(=O)[nH]c(=O)c1CC(=O)NC1CCN(CC2(c3ccc(Cl)cc3)CCC2)CC1. The number of rotatable bonds is 6. The van der Waals surface area contributed by atoms with Crippen molar-refractivity contribution in [2.45, 2.75) is 56.9 Å². The molecule has 31 heavy (non-hydrogen) atoms. The molecular formula is C23H29ClN4O3. The van der Waals surface area contributed by atoms with E-state index in [2.05, 4.69) is 32.3 Å². The number of likely N-dealkylation sites (tertiary alicyclic amines) is 1. The second-order valence-electron chi connectivity index (χ2n) is 8.95. The van der Waals surface area contributed by atoms with Gasteiger partial charge in [-0.15, -0.1) is 0 Å². The number of carbonyl (C=O) groups is 1. The Morgan fingerprint density at radius 3 is 2.42 bits per heavy atom. The summed E-state index contributed by atoms with van der Waals surface area (Å²) in [6, 6.07) is 8.39. The van der Waals surface area contributed by atoms with Crippen molar-refractivity contribution in [1.29, 1.82) is 0 Å². The molecule has 1 saturated carbocycles. The van der Waals surface area contributed by atoms with Gasteiger partial charge < -0.3 is 15.2 Å². The molecule has 0 bridgehead atoms. The van der Waals surface area contributed by atoms with Crippen LogP contribution in [0.25, 0.3) is 0 Å². The smallest absolute Gasteiger partial charge is 0.325 e. The van der Waals surface area contributed by atoms with Crippen LogP contribution in [0, 0.1) is 6.92 Å². The van der Waals surface area contributed by atoms with Gasteiger partial charge in [-0.2, -0.15) is 0 Å². The van der Waals surface area contributed by atoms with Gasteiger partial charge in [-0.05, 0) is 50.3 Å². The number of benzene rings is 1. The fourth-order valence-corrected chi connectivity index (χ4v) is 5.01. The van der Waals surface area contributed by atoms with Crippen molar-refractivity contribution >= 4 is 17.5 Å². The summed E-state index contributed by atoms with van der Waals surface area (Å²) in [5.41, 5.74) is 1.29. The fourth-order valence-electron chi connectivity index (χ4n) is 4.89. The number of amides is 1. The van der Waals surface area contributed by atoms with Crippen LogP contribution in [0.4, 0.5) is 0 Å². The van der Waals surface area contributed by atoms with Crippen molar-refractivity contribution in [2.75, 3.05) is 19.6 Å². The molecule has 2 heterocycles. The van der Waals surface area contributed by atoms with Crippen LogP contribution < -0.4 is 16.6 Å². The van der Waals surface area contributed by atoms with E-state index in [9.17, 15) is 14.4 Å². The summed E-state index contributed by atoms with van der Waals surface area (Å²) in [4.78, 5) is 43.0. The number of nitrogens with zero attached hydrogens (tertiary/aromatic N) is 1. The van der Waals surface area contributed by atoms with Gasteiger partial charge in [0.1, 0.15) is 0 Å². The Balaban J connectivity index is 1.30. The van der Waals surface area contributed by atoms with E-state index in [1.54, 1.807) is 6.92 Å². The summed E-state index contributed by atoms with van der Waals surface area (Å²) in [7, 11) is 0. The molecule has 1 aromatic carbocycles. The second kappa shape index (κ2) is 9.01. The Hall–Kier alpha value is -2.38. The lowest BCUT2D eigenvalue weighted by Crippen LogP contribution is -2.51. The number of nitrogens with one attached hydrogen (secondary N) is 3. The zero-order chi connectivity index (χ0) is 22.0. The minimum Gasteiger partial charge on any atom is -0.353 e. The van der Waals surface area contributed by atoms with Crippen molar-refractivity contribution in [2.24, 2.45) is 0 Å². The number of aromatic amines is 2. The summed E-state index contributed by atoms with van der Waals surface area (Å²) in [5.74, 6) is -0.185. The maximum Gasteiger partial charge on any atom is 0.325 e. The lowest BCUT2D eigenvalue weighted by atomic mass is 9.64. The molecule has 7 nitrogen and oxygen atoms in total. The predicted molar refractivity (Wildman–Crippen MR) is 121 cm³/mol. The molecule has 0 atom stereocenters. The first kappa shape index (κ1) is 21.8. The van der Waals surface area contributed by atoms with Crippen molar-refractivity contribution in [1.82, 2.24) is 20.2 Å². The van der Waals surface area contributed by atoms with E-state index in [1.165, 1.54) is 24.8 Å². The van der Waals surface area contributed by atoms with Crippen LogP contribution >= 0.6 is 11.6 Å². The Morgan fingerprint density at radius 1 is 1.16 bits per heavy atom. The number of hydrogen-bond donors (Lipinski definition) is 3. The van der Waals surface area contributed by atoms with Crippen LogP contribution in [0.15, 0.2) is 33.9 Å². The number of H-pyrrole nitrogens is 2. The average Bonchev–Trinajstić information content (AvgIpc) is 2.69. The summed E-state index contributed by atoms with van der Waals surface area (Å²) in [5, 5.41) is 3.83. The summed E-state index contributed by atoms with van der Waals surface area (Å²) in [6.45, 7) is 4.56. The lowest BCUT2D eigenvalue weighted by Gasteiger charge is -2.47. The highest BCUT2D eigenvalue weighted by Crippen LogP contribution is 2.44. The molecule has 0 spiro atoms. The van der Waals surface area contributed by atoms with Crippen LogP contribution in [0.2, 0.25) is 5.02 Å². The third-order valence-corrected chi connectivity index (χ3v) is 7.09. The highest BCUT2D eigenvalue weighted by Gasteiger charge is 2.40. The standard InChI is InChI=1S/C23H29ClN4O3/c1-15-19(21(30)27-22(31)25-15)13-20(29)26-18-7-11-28(12-8-18)14-23(9-2-10-23)16-3-5-17(24)6-4-16/h3-6,18H,2,7-14H2,1H3,(H,26,29)(H2,25,27,30,31). The number of aryl methyl sites for hydroxylation is 1. The average molecular weight is 445 g/mol. The van der Waals surface area contributed by atoms with Gasteiger partial charge in [0.25, 0.3) is 5.56 Å². The first-order valence-electron chi connectivity index (χ1n) is 10.9. The van der Waals surface area contributed by atoms with Gasteiger partial charge in [0.15, 0.2) is 0 Å². The maximum absolute atomic E-state index is 12.5. The van der Waals surface area contributed by atoms with E-state index in [-0.39, 0.29) is 23.8 Å². The van der Waals surface area contributed by atoms with Crippen LogP contribution in [-0.2, 0) is 16.6 Å². The van der Waals surface area contributed by atoms with Crippen molar-refractivity contribution in [3.05, 3.63) is 66.9 Å². The quantitative estimate of drug-likeness (QED) is 0.636. The molecule has 1 saturated heterocycles. The molecule has 1 aromatic heterocycles. The molecule has 166 valence electrons. The van der Waals surface area contributed by atoms with Crippen LogP contribution in [0.5, 0.6) is 0 Å². The van der Waals surface area contributed by atoms with Crippen molar-refractivity contribution in [3.63, 3.8) is 0 Å². The van der Waals surface area contributed by atoms with E-state index in [4.69, 9.17) is 11.6 Å². The van der Waals surface area contributed by atoms with Crippen molar-refractivity contribution in [3.8, 4) is 0 Å². The number of halogens is 1. The fraction of sp³-hybridized carbons (Fsp3) is 0.522.